The highest BCUT2D eigenvalue weighted by atomic mass is 79.9. The first-order valence-corrected chi connectivity index (χ1v) is 17.0. The summed E-state index contributed by atoms with van der Waals surface area (Å²) in [7, 11) is -2.78. The molecule has 0 unspecified atom stereocenters. The molecule has 0 aliphatic heterocycles. The number of rotatable bonds is 14. The Hall–Kier alpha value is -4.15. The van der Waals surface area contributed by atoms with Crippen molar-refractivity contribution >= 4 is 43.5 Å². The van der Waals surface area contributed by atoms with Gasteiger partial charge in [0.05, 0.1) is 17.7 Å². The molecule has 0 spiro atoms. The predicted molar refractivity (Wildman–Crippen MR) is 180 cm³/mol. The minimum absolute atomic E-state index is 0.0256. The number of benzene rings is 4. The standard InChI is InChI=1S/C35H38BrN3O5S/c1-4-26(2)37-35(41)32(23-27-14-7-5-8-15-27)38(24-28-16-13-17-29(36)22-28)34(40)25-39(31-20-11-12-21-33(31)44-3)45(42,43)30-18-9-6-10-19-30/h5-22,26,32H,4,23-25H2,1-3H3,(H,37,41)/t26-,32-/m1/s1. The smallest absolute Gasteiger partial charge is 0.264 e. The van der Waals surface area contributed by atoms with Gasteiger partial charge in [-0.25, -0.2) is 8.42 Å². The topological polar surface area (TPSA) is 96.0 Å². The number of para-hydroxylation sites is 2. The Morgan fingerprint density at radius 3 is 2.13 bits per heavy atom. The van der Waals surface area contributed by atoms with Crippen molar-refractivity contribution in [2.24, 2.45) is 0 Å². The number of carbonyl (C=O) groups is 2. The van der Waals surface area contributed by atoms with Crippen molar-refractivity contribution in [3.8, 4) is 5.75 Å². The summed E-state index contributed by atoms with van der Waals surface area (Å²) >= 11 is 3.51. The summed E-state index contributed by atoms with van der Waals surface area (Å²) in [5, 5.41) is 3.05. The first-order valence-electron chi connectivity index (χ1n) is 14.7. The van der Waals surface area contributed by atoms with E-state index in [4.69, 9.17) is 4.74 Å². The fraction of sp³-hybridized carbons (Fsp3) is 0.257. The maximum absolute atomic E-state index is 14.6. The molecule has 8 nitrogen and oxygen atoms in total. The van der Waals surface area contributed by atoms with Gasteiger partial charge in [-0.05, 0) is 60.9 Å². The molecular formula is C35H38BrN3O5S. The molecule has 2 atom stereocenters. The molecule has 4 rings (SSSR count). The van der Waals surface area contributed by atoms with E-state index in [1.807, 2.05) is 68.4 Å². The molecule has 0 aliphatic rings. The lowest BCUT2D eigenvalue weighted by molar-refractivity contribution is -0.140. The number of methoxy groups -OCH3 is 1. The Bertz CT molecular complexity index is 1690. The van der Waals surface area contributed by atoms with Gasteiger partial charge >= 0.3 is 0 Å². The number of carbonyl (C=O) groups excluding carboxylic acids is 2. The Labute approximate surface area is 274 Å². The van der Waals surface area contributed by atoms with Crippen LogP contribution < -0.4 is 14.4 Å². The number of nitrogens with zero attached hydrogens (tertiary/aromatic N) is 2. The zero-order chi connectivity index (χ0) is 32.4. The highest BCUT2D eigenvalue weighted by molar-refractivity contribution is 9.10. The average molecular weight is 693 g/mol. The lowest BCUT2D eigenvalue weighted by Crippen LogP contribution is -2.54. The van der Waals surface area contributed by atoms with E-state index in [9.17, 15) is 18.0 Å². The Kier molecular flexibility index (Phi) is 11.8. The molecule has 4 aromatic carbocycles. The minimum Gasteiger partial charge on any atom is -0.495 e. The molecule has 2 amide bonds. The van der Waals surface area contributed by atoms with E-state index in [1.165, 1.54) is 24.1 Å². The molecule has 0 heterocycles. The van der Waals surface area contributed by atoms with Crippen molar-refractivity contribution in [1.29, 1.82) is 0 Å². The summed E-state index contributed by atoms with van der Waals surface area (Å²) in [6, 6.07) is 30.5. The second-order valence-corrected chi connectivity index (χ2v) is 13.4. The third-order valence-corrected chi connectivity index (χ3v) is 9.75. The van der Waals surface area contributed by atoms with Gasteiger partial charge < -0.3 is 15.0 Å². The van der Waals surface area contributed by atoms with Gasteiger partial charge in [0.25, 0.3) is 10.0 Å². The zero-order valence-electron chi connectivity index (χ0n) is 25.6. The molecule has 4 aromatic rings. The fourth-order valence-electron chi connectivity index (χ4n) is 4.90. The quantitative estimate of drug-likeness (QED) is 0.170. The van der Waals surface area contributed by atoms with Crippen molar-refractivity contribution in [3.05, 3.63) is 125 Å². The van der Waals surface area contributed by atoms with E-state index in [-0.39, 0.29) is 35.5 Å². The molecule has 0 aliphatic carbocycles. The molecule has 0 bridgehead atoms. The van der Waals surface area contributed by atoms with Gasteiger partial charge in [0.15, 0.2) is 0 Å². The van der Waals surface area contributed by atoms with E-state index in [2.05, 4.69) is 21.2 Å². The normalized spacial score (nSPS) is 12.5. The lowest BCUT2D eigenvalue weighted by atomic mass is 10.0. The van der Waals surface area contributed by atoms with E-state index in [1.54, 1.807) is 42.5 Å². The summed E-state index contributed by atoms with van der Waals surface area (Å²) in [6.07, 6.45) is 0.948. The summed E-state index contributed by atoms with van der Waals surface area (Å²) < 4.78 is 35.7. The number of ether oxygens (including phenoxy) is 1. The van der Waals surface area contributed by atoms with E-state index in [0.717, 1.165) is 19.9 Å². The highest BCUT2D eigenvalue weighted by Gasteiger charge is 2.35. The predicted octanol–water partition coefficient (Wildman–Crippen LogP) is 6.21. The van der Waals surface area contributed by atoms with Gasteiger partial charge in [0.2, 0.25) is 11.8 Å². The van der Waals surface area contributed by atoms with Gasteiger partial charge in [0.1, 0.15) is 18.3 Å². The largest absolute Gasteiger partial charge is 0.495 e. The van der Waals surface area contributed by atoms with Crippen molar-refractivity contribution in [2.45, 2.75) is 50.2 Å². The van der Waals surface area contributed by atoms with Gasteiger partial charge in [-0.15, -0.1) is 0 Å². The first-order chi connectivity index (χ1) is 21.6. The fourth-order valence-corrected chi connectivity index (χ4v) is 6.79. The van der Waals surface area contributed by atoms with Crippen LogP contribution in [0.15, 0.2) is 119 Å². The number of halogens is 1. The highest BCUT2D eigenvalue weighted by Crippen LogP contribution is 2.32. The van der Waals surface area contributed by atoms with Gasteiger partial charge in [-0.3, -0.25) is 13.9 Å². The van der Waals surface area contributed by atoms with Crippen molar-refractivity contribution in [2.75, 3.05) is 18.0 Å². The van der Waals surface area contributed by atoms with Crippen LogP contribution in [-0.4, -0.2) is 50.9 Å². The van der Waals surface area contributed by atoms with Crippen LogP contribution in [0.1, 0.15) is 31.4 Å². The maximum atomic E-state index is 14.6. The number of sulfonamides is 1. The van der Waals surface area contributed by atoms with Crippen molar-refractivity contribution in [1.82, 2.24) is 10.2 Å². The Balaban J connectivity index is 1.83. The molecule has 0 radical (unpaired) electrons. The molecule has 45 heavy (non-hydrogen) atoms. The SMILES string of the molecule is CC[C@@H](C)NC(=O)[C@@H](Cc1ccccc1)N(Cc1cccc(Br)c1)C(=O)CN(c1ccccc1OC)S(=O)(=O)c1ccccc1. The van der Waals surface area contributed by atoms with E-state index < -0.39 is 28.5 Å². The molecule has 1 N–H and O–H groups in total. The molecular weight excluding hydrogens is 654 g/mol. The number of amides is 2. The summed E-state index contributed by atoms with van der Waals surface area (Å²) in [6.45, 7) is 3.40. The molecule has 0 fully saturated rings. The molecule has 236 valence electrons. The Morgan fingerprint density at radius 1 is 0.867 bits per heavy atom. The first kappa shape index (κ1) is 33.7. The van der Waals surface area contributed by atoms with Crippen molar-refractivity contribution < 1.29 is 22.7 Å². The van der Waals surface area contributed by atoms with Crippen LogP contribution >= 0.6 is 15.9 Å². The minimum atomic E-state index is -4.22. The second kappa shape index (κ2) is 15.7. The number of hydrogen-bond donors (Lipinski definition) is 1. The average Bonchev–Trinajstić information content (AvgIpc) is 3.05. The van der Waals surface area contributed by atoms with E-state index >= 15 is 0 Å². The zero-order valence-corrected chi connectivity index (χ0v) is 28.0. The number of hydrogen-bond acceptors (Lipinski definition) is 5. The van der Waals surface area contributed by atoms with Crippen LogP contribution in [0.5, 0.6) is 5.75 Å². The van der Waals surface area contributed by atoms with Crippen LogP contribution in [0.2, 0.25) is 0 Å². The Morgan fingerprint density at radius 2 is 1.49 bits per heavy atom. The molecule has 10 heteroatoms. The number of anilines is 1. The molecule has 0 saturated carbocycles. The summed E-state index contributed by atoms with van der Waals surface area (Å²) in [5.41, 5.74) is 1.86. The van der Waals surface area contributed by atoms with Crippen LogP contribution in [0, 0.1) is 0 Å². The van der Waals surface area contributed by atoms with Gasteiger partial charge in [0, 0.05) is 23.5 Å². The third kappa shape index (κ3) is 8.73. The third-order valence-electron chi connectivity index (χ3n) is 7.48. The van der Waals surface area contributed by atoms with Gasteiger partial charge in [-0.2, -0.15) is 0 Å². The maximum Gasteiger partial charge on any atom is 0.264 e. The molecule has 0 saturated heterocycles. The second-order valence-electron chi connectivity index (χ2n) is 10.7. The van der Waals surface area contributed by atoms with Crippen LogP contribution in [-0.2, 0) is 32.6 Å². The molecule has 0 aromatic heterocycles. The van der Waals surface area contributed by atoms with Crippen LogP contribution in [0.25, 0.3) is 0 Å². The summed E-state index contributed by atoms with van der Waals surface area (Å²) in [4.78, 5) is 30.0. The van der Waals surface area contributed by atoms with E-state index in [0.29, 0.717) is 12.2 Å². The van der Waals surface area contributed by atoms with Crippen LogP contribution in [0.3, 0.4) is 0 Å². The van der Waals surface area contributed by atoms with Crippen molar-refractivity contribution in [3.63, 3.8) is 0 Å². The summed E-state index contributed by atoms with van der Waals surface area (Å²) in [5.74, 6) is -0.564. The number of nitrogens with one attached hydrogen (secondary N) is 1. The lowest BCUT2D eigenvalue weighted by Gasteiger charge is -2.34. The van der Waals surface area contributed by atoms with Gasteiger partial charge in [-0.1, -0.05) is 95.7 Å². The van der Waals surface area contributed by atoms with Crippen LogP contribution in [0.4, 0.5) is 5.69 Å². The monoisotopic (exact) mass is 691 g/mol.